The molecule has 0 saturated heterocycles. The summed E-state index contributed by atoms with van der Waals surface area (Å²) < 4.78 is 2.15. The van der Waals surface area contributed by atoms with Gasteiger partial charge in [0.15, 0.2) is 0 Å². The molecule has 0 spiro atoms. The van der Waals surface area contributed by atoms with E-state index in [0.717, 1.165) is 23.9 Å². The predicted octanol–water partition coefficient (Wildman–Crippen LogP) is 3.76. The molecule has 0 unspecified atom stereocenters. The van der Waals surface area contributed by atoms with Crippen molar-refractivity contribution in [3.63, 3.8) is 0 Å². The number of nitrogen functional groups attached to an aromatic ring is 1. The average Bonchev–Trinajstić information content (AvgIpc) is 2.69. The Kier molecular flexibility index (Phi) is 3.93. The smallest absolute Gasteiger partial charge is 0.127 e. The van der Waals surface area contributed by atoms with Crippen LogP contribution in [0, 0.1) is 0 Å². The second-order valence-corrected chi connectivity index (χ2v) is 5.62. The zero-order chi connectivity index (χ0) is 14.0. The van der Waals surface area contributed by atoms with Gasteiger partial charge in [-0.05, 0) is 11.5 Å². The number of hydrogen-bond acceptors (Lipinski definition) is 2. The van der Waals surface area contributed by atoms with Crippen LogP contribution in [0.1, 0.15) is 56.6 Å². The Hall–Kier alpha value is -1.77. The highest BCUT2D eigenvalue weighted by Gasteiger charge is 2.18. The Balaban J connectivity index is 2.43. The van der Waals surface area contributed by atoms with E-state index in [0.29, 0.717) is 11.8 Å². The normalized spacial score (nSPS) is 11.5. The lowest BCUT2D eigenvalue weighted by Gasteiger charge is -2.12. The van der Waals surface area contributed by atoms with Crippen LogP contribution in [0.25, 0.3) is 0 Å². The standard InChI is InChI=1S/C16H23N3/c1-11(2)14-15(17)19(16(18-14)12(3)4)10-13-8-6-5-7-9-13/h5-9,11-12H,10,17H2,1-4H3. The van der Waals surface area contributed by atoms with Crippen LogP contribution >= 0.6 is 0 Å². The third kappa shape index (κ3) is 2.80. The van der Waals surface area contributed by atoms with E-state index in [1.165, 1.54) is 5.56 Å². The summed E-state index contributed by atoms with van der Waals surface area (Å²) in [4.78, 5) is 4.74. The molecule has 0 aliphatic heterocycles. The van der Waals surface area contributed by atoms with E-state index in [2.05, 4.69) is 56.5 Å². The van der Waals surface area contributed by atoms with Gasteiger partial charge in [-0.15, -0.1) is 0 Å². The molecule has 2 aromatic rings. The van der Waals surface area contributed by atoms with Gasteiger partial charge in [-0.1, -0.05) is 58.0 Å². The van der Waals surface area contributed by atoms with Crippen LogP contribution in [-0.2, 0) is 6.54 Å². The highest BCUT2D eigenvalue weighted by Crippen LogP contribution is 2.27. The van der Waals surface area contributed by atoms with Crippen molar-refractivity contribution in [3.8, 4) is 0 Å². The fourth-order valence-corrected chi connectivity index (χ4v) is 2.30. The minimum Gasteiger partial charge on any atom is -0.384 e. The molecule has 0 amide bonds. The van der Waals surface area contributed by atoms with Crippen LogP contribution < -0.4 is 5.73 Å². The summed E-state index contributed by atoms with van der Waals surface area (Å²) in [6.07, 6.45) is 0. The first-order valence-electron chi connectivity index (χ1n) is 6.90. The van der Waals surface area contributed by atoms with Crippen molar-refractivity contribution in [2.45, 2.75) is 46.1 Å². The number of nitrogens with zero attached hydrogens (tertiary/aromatic N) is 2. The minimum atomic E-state index is 0.356. The lowest BCUT2D eigenvalue weighted by Crippen LogP contribution is -2.09. The van der Waals surface area contributed by atoms with E-state index in [-0.39, 0.29) is 0 Å². The zero-order valence-electron chi connectivity index (χ0n) is 12.2. The average molecular weight is 257 g/mol. The van der Waals surface area contributed by atoms with Gasteiger partial charge in [-0.3, -0.25) is 0 Å². The quantitative estimate of drug-likeness (QED) is 0.906. The Bertz CT molecular complexity index is 539. The number of anilines is 1. The Labute approximate surface area is 115 Å². The maximum atomic E-state index is 6.29. The Morgan fingerprint density at radius 3 is 2.21 bits per heavy atom. The van der Waals surface area contributed by atoms with Crippen LogP contribution in [0.4, 0.5) is 5.82 Å². The molecule has 0 saturated carbocycles. The molecule has 0 atom stereocenters. The molecule has 1 heterocycles. The first kappa shape index (κ1) is 13.7. The highest BCUT2D eigenvalue weighted by atomic mass is 15.1. The van der Waals surface area contributed by atoms with E-state index < -0.39 is 0 Å². The van der Waals surface area contributed by atoms with Gasteiger partial charge in [-0.25, -0.2) is 4.98 Å². The predicted molar refractivity (Wildman–Crippen MR) is 80.4 cm³/mol. The van der Waals surface area contributed by atoms with Gasteiger partial charge >= 0.3 is 0 Å². The molecule has 2 rings (SSSR count). The molecule has 102 valence electrons. The monoisotopic (exact) mass is 257 g/mol. The van der Waals surface area contributed by atoms with Crippen molar-refractivity contribution >= 4 is 5.82 Å². The maximum Gasteiger partial charge on any atom is 0.127 e. The van der Waals surface area contributed by atoms with Crippen LogP contribution in [0.5, 0.6) is 0 Å². The fraction of sp³-hybridized carbons (Fsp3) is 0.438. The van der Waals surface area contributed by atoms with Crippen molar-refractivity contribution in [2.75, 3.05) is 5.73 Å². The summed E-state index contributed by atoms with van der Waals surface area (Å²) in [6.45, 7) is 9.38. The summed E-state index contributed by atoms with van der Waals surface area (Å²) in [7, 11) is 0. The number of benzene rings is 1. The molecule has 0 aliphatic carbocycles. The number of imidazole rings is 1. The van der Waals surface area contributed by atoms with Crippen LogP contribution in [0.3, 0.4) is 0 Å². The first-order chi connectivity index (χ1) is 9.00. The Morgan fingerprint density at radius 1 is 1.05 bits per heavy atom. The van der Waals surface area contributed by atoms with Gasteiger partial charge in [0.05, 0.1) is 12.2 Å². The molecule has 0 fully saturated rings. The molecule has 0 radical (unpaired) electrons. The van der Waals surface area contributed by atoms with E-state index in [1.807, 2.05) is 6.07 Å². The van der Waals surface area contributed by atoms with E-state index in [9.17, 15) is 0 Å². The molecular formula is C16H23N3. The Morgan fingerprint density at radius 2 is 1.68 bits per heavy atom. The zero-order valence-corrected chi connectivity index (χ0v) is 12.2. The molecule has 0 bridgehead atoms. The molecule has 3 heteroatoms. The molecule has 1 aromatic heterocycles. The highest BCUT2D eigenvalue weighted by molar-refractivity contribution is 5.41. The second-order valence-electron chi connectivity index (χ2n) is 5.62. The number of rotatable bonds is 4. The van der Waals surface area contributed by atoms with Gasteiger partial charge in [0.25, 0.3) is 0 Å². The van der Waals surface area contributed by atoms with Gasteiger partial charge in [0.1, 0.15) is 11.6 Å². The molecule has 0 aliphatic rings. The van der Waals surface area contributed by atoms with Crippen molar-refractivity contribution < 1.29 is 0 Å². The summed E-state index contributed by atoms with van der Waals surface area (Å²) in [5.41, 5.74) is 8.56. The number of hydrogen-bond donors (Lipinski definition) is 1. The van der Waals surface area contributed by atoms with E-state index >= 15 is 0 Å². The topological polar surface area (TPSA) is 43.8 Å². The van der Waals surface area contributed by atoms with Gasteiger partial charge in [0.2, 0.25) is 0 Å². The molecule has 3 nitrogen and oxygen atoms in total. The third-order valence-corrected chi connectivity index (χ3v) is 3.31. The van der Waals surface area contributed by atoms with Crippen LogP contribution in [-0.4, -0.2) is 9.55 Å². The summed E-state index contributed by atoms with van der Waals surface area (Å²) in [6, 6.07) is 10.4. The second kappa shape index (κ2) is 5.47. The van der Waals surface area contributed by atoms with Crippen molar-refractivity contribution in [1.82, 2.24) is 9.55 Å². The molecule has 19 heavy (non-hydrogen) atoms. The largest absolute Gasteiger partial charge is 0.384 e. The number of aromatic nitrogens is 2. The molecule has 1 aromatic carbocycles. The summed E-state index contributed by atoms with van der Waals surface area (Å²) in [5.74, 6) is 2.61. The fourth-order valence-electron chi connectivity index (χ4n) is 2.30. The van der Waals surface area contributed by atoms with Crippen LogP contribution in [0.2, 0.25) is 0 Å². The van der Waals surface area contributed by atoms with Crippen molar-refractivity contribution in [1.29, 1.82) is 0 Å². The third-order valence-electron chi connectivity index (χ3n) is 3.31. The van der Waals surface area contributed by atoms with E-state index in [4.69, 9.17) is 10.7 Å². The van der Waals surface area contributed by atoms with Crippen molar-refractivity contribution in [3.05, 3.63) is 47.4 Å². The lowest BCUT2D eigenvalue weighted by atomic mass is 10.1. The van der Waals surface area contributed by atoms with Gasteiger partial charge in [0, 0.05) is 5.92 Å². The molecule has 2 N–H and O–H groups in total. The first-order valence-corrected chi connectivity index (χ1v) is 6.90. The van der Waals surface area contributed by atoms with Crippen LogP contribution in [0.15, 0.2) is 30.3 Å². The SMILES string of the molecule is CC(C)c1nc(C(C)C)n(Cc2ccccc2)c1N. The lowest BCUT2D eigenvalue weighted by molar-refractivity contribution is 0.674. The molecular weight excluding hydrogens is 234 g/mol. The van der Waals surface area contributed by atoms with Crippen molar-refractivity contribution in [2.24, 2.45) is 0 Å². The number of nitrogens with two attached hydrogens (primary N) is 1. The van der Waals surface area contributed by atoms with Gasteiger partial charge in [-0.2, -0.15) is 0 Å². The minimum absolute atomic E-state index is 0.356. The van der Waals surface area contributed by atoms with E-state index in [1.54, 1.807) is 0 Å². The summed E-state index contributed by atoms with van der Waals surface area (Å²) in [5, 5.41) is 0. The van der Waals surface area contributed by atoms with Gasteiger partial charge < -0.3 is 10.3 Å². The maximum absolute atomic E-state index is 6.29. The summed E-state index contributed by atoms with van der Waals surface area (Å²) >= 11 is 0.